The van der Waals surface area contributed by atoms with Crippen molar-refractivity contribution in [1.82, 2.24) is 0 Å². The summed E-state index contributed by atoms with van der Waals surface area (Å²) in [6, 6.07) is 8.05. The first-order chi connectivity index (χ1) is 12.4. The molecule has 0 aliphatic rings. The fourth-order valence-corrected chi connectivity index (χ4v) is 2.15. The lowest BCUT2D eigenvalue weighted by atomic mass is 10.2. The lowest BCUT2D eigenvalue weighted by molar-refractivity contribution is -0.384. The van der Waals surface area contributed by atoms with E-state index in [1.807, 2.05) is 19.1 Å². The van der Waals surface area contributed by atoms with E-state index in [1.165, 1.54) is 7.11 Å². The maximum absolute atomic E-state index is 13.7. The quantitative estimate of drug-likeness (QED) is 0.599. The number of allylic oxidation sites excluding steroid dienone is 1. The number of anilines is 1. The molecule has 7 nitrogen and oxygen atoms in total. The van der Waals surface area contributed by atoms with Crippen LogP contribution in [0, 0.1) is 15.9 Å². The van der Waals surface area contributed by atoms with Gasteiger partial charge in [-0.05, 0) is 30.7 Å². The lowest BCUT2D eigenvalue weighted by Crippen LogP contribution is -2.21. The number of nitro groups is 1. The summed E-state index contributed by atoms with van der Waals surface area (Å²) < 4.78 is 24.3. The SMILES string of the molecule is CC=Cc1ccc(OCC(=O)Nc2cc([N+](=O)[O-])ccc2F)c(OC)c1. The van der Waals surface area contributed by atoms with Gasteiger partial charge in [-0.3, -0.25) is 14.9 Å². The Labute approximate surface area is 149 Å². The van der Waals surface area contributed by atoms with Crippen molar-refractivity contribution in [3.05, 3.63) is 64.0 Å². The van der Waals surface area contributed by atoms with Gasteiger partial charge in [0.05, 0.1) is 17.7 Å². The van der Waals surface area contributed by atoms with E-state index in [0.717, 1.165) is 23.8 Å². The van der Waals surface area contributed by atoms with Crippen molar-refractivity contribution in [1.29, 1.82) is 0 Å². The number of benzene rings is 2. The molecule has 0 aromatic heterocycles. The van der Waals surface area contributed by atoms with Gasteiger partial charge in [0.25, 0.3) is 11.6 Å². The molecule has 0 aliphatic heterocycles. The molecule has 8 heteroatoms. The van der Waals surface area contributed by atoms with Crippen molar-refractivity contribution in [2.24, 2.45) is 0 Å². The third-order valence-corrected chi connectivity index (χ3v) is 3.34. The predicted octanol–water partition coefficient (Wildman–Crippen LogP) is 3.79. The Morgan fingerprint density at radius 3 is 2.69 bits per heavy atom. The summed E-state index contributed by atoms with van der Waals surface area (Å²) in [7, 11) is 1.47. The predicted molar refractivity (Wildman–Crippen MR) is 94.9 cm³/mol. The van der Waals surface area contributed by atoms with E-state index in [0.29, 0.717) is 11.5 Å². The number of nitro benzene ring substituents is 1. The number of carbonyl (C=O) groups is 1. The van der Waals surface area contributed by atoms with E-state index >= 15 is 0 Å². The van der Waals surface area contributed by atoms with E-state index in [2.05, 4.69) is 5.32 Å². The van der Waals surface area contributed by atoms with Crippen LogP contribution in [0.4, 0.5) is 15.8 Å². The molecule has 0 radical (unpaired) electrons. The Kier molecular flexibility index (Phi) is 6.26. The summed E-state index contributed by atoms with van der Waals surface area (Å²) in [6.45, 7) is 1.47. The summed E-state index contributed by atoms with van der Waals surface area (Å²) in [5.41, 5.74) is 0.284. The number of non-ortho nitro benzene ring substituents is 1. The second-order valence-electron chi connectivity index (χ2n) is 5.17. The topological polar surface area (TPSA) is 90.7 Å². The Hall–Kier alpha value is -3.42. The van der Waals surface area contributed by atoms with Gasteiger partial charge >= 0.3 is 0 Å². The van der Waals surface area contributed by atoms with Crippen molar-refractivity contribution in [3.8, 4) is 11.5 Å². The van der Waals surface area contributed by atoms with E-state index in [4.69, 9.17) is 9.47 Å². The van der Waals surface area contributed by atoms with Gasteiger partial charge in [0.2, 0.25) is 0 Å². The Bertz CT molecular complexity index is 851. The van der Waals surface area contributed by atoms with Crippen LogP contribution >= 0.6 is 0 Å². The summed E-state index contributed by atoms with van der Waals surface area (Å²) in [4.78, 5) is 22.0. The van der Waals surface area contributed by atoms with E-state index in [-0.39, 0.29) is 11.4 Å². The minimum Gasteiger partial charge on any atom is -0.493 e. The molecule has 0 aliphatic carbocycles. The van der Waals surface area contributed by atoms with Crippen LogP contribution in [0.1, 0.15) is 12.5 Å². The Balaban J connectivity index is 2.05. The highest BCUT2D eigenvalue weighted by molar-refractivity contribution is 5.92. The third kappa shape index (κ3) is 4.79. The number of carbonyl (C=O) groups excluding carboxylic acids is 1. The van der Waals surface area contributed by atoms with Gasteiger partial charge in [-0.15, -0.1) is 0 Å². The molecule has 0 heterocycles. The Morgan fingerprint density at radius 1 is 1.27 bits per heavy atom. The fourth-order valence-electron chi connectivity index (χ4n) is 2.15. The number of ether oxygens (including phenoxy) is 2. The second-order valence-corrected chi connectivity index (χ2v) is 5.17. The van der Waals surface area contributed by atoms with Crippen molar-refractivity contribution in [2.45, 2.75) is 6.92 Å². The van der Waals surface area contributed by atoms with Gasteiger partial charge in [-0.1, -0.05) is 18.2 Å². The molecule has 2 rings (SSSR count). The smallest absolute Gasteiger partial charge is 0.271 e. The number of hydrogen-bond donors (Lipinski definition) is 1. The number of methoxy groups -OCH3 is 1. The van der Waals surface area contributed by atoms with Crippen molar-refractivity contribution >= 4 is 23.4 Å². The molecule has 0 fully saturated rings. The summed E-state index contributed by atoms with van der Waals surface area (Å²) >= 11 is 0. The molecular weight excluding hydrogens is 343 g/mol. The van der Waals surface area contributed by atoms with Crippen LogP contribution in [-0.2, 0) is 4.79 Å². The minimum atomic E-state index is -0.780. The third-order valence-electron chi connectivity index (χ3n) is 3.34. The van der Waals surface area contributed by atoms with E-state index in [1.54, 1.807) is 18.2 Å². The molecule has 26 heavy (non-hydrogen) atoms. The number of nitrogens with zero attached hydrogens (tertiary/aromatic N) is 1. The monoisotopic (exact) mass is 360 g/mol. The van der Waals surface area contributed by atoms with Crippen molar-refractivity contribution in [2.75, 3.05) is 19.0 Å². The zero-order valence-electron chi connectivity index (χ0n) is 14.2. The standard InChI is InChI=1S/C18H17FN2O5/c1-3-4-12-5-8-16(17(9-12)25-2)26-11-18(22)20-15-10-13(21(23)24)6-7-14(15)19/h3-10H,11H2,1-2H3,(H,20,22). The van der Waals surface area contributed by atoms with Gasteiger partial charge in [0.15, 0.2) is 18.1 Å². The molecule has 0 unspecified atom stereocenters. The van der Waals surface area contributed by atoms with Crippen LogP contribution in [0.5, 0.6) is 11.5 Å². The minimum absolute atomic E-state index is 0.289. The molecule has 0 saturated heterocycles. The normalized spacial score (nSPS) is 10.6. The first-order valence-electron chi connectivity index (χ1n) is 7.62. The maximum atomic E-state index is 13.7. The largest absolute Gasteiger partial charge is 0.493 e. The molecule has 0 atom stereocenters. The van der Waals surface area contributed by atoms with Crippen LogP contribution in [0.15, 0.2) is 42.5 Å². The Morgan fingerprint density at radius 2 is 2.04 bits per heavy atom. The van der Waals surface area contributed by atoms with Gasteiger partial charge in [-0.2, -0.15) is 0 Å². The highest BCUT2D eigenvalue weighted by atomic mass is 19.1. The van der Waals surface area contributed by atoms with Crippen LogP contribution in [-0.4, -0.2) is 24.5 Å². The highest BCUT2D eigenvalue weighted by Crippen LogP contribution is 2.28. The number of nitrogens with one attached hydrogen (secondary N) is 1. The van der Waals surface area contributed by atoms with Gasteiger partial charge in [0.1, 0.15) is 5.82 Å². The summed E-state index contributed by atoms with van der Waals surface area (Å²) in [6.07, 6.45) is 3.75. The van der Waals surface area contributed by atoms with Crippen LogP contribution in [0.3, 0.4) is 0 Å². The fraction of sp³-hybridized carbons (Fsp3) is 0.167. The molecular formula is C18H17FN2O5. The van der Waals surface area contributed by atoms with Gasteiger partial charge < -0.3 is 14.8 Å². The molecule has 2 aromatic rings. The molecule has 1 N–H and O–H groups in total. The van der Waals surface area contributed by atoms with Gasteiger partial charge in [-0.25, -0.2) is 4.39 Å². The molecule has 136 valence electrons. The van der Waals surface area contributed by atoms with Gasteiger partial charge in [0, 0.05) is 12.1 Å². The average molecular weight is 360 g/mol. The number of amides is 1. The highest BCUT2D eigenvalue weighted by Gasteiger charge is 2.14. The molecule has 2 aromatic carbocycles. The van der Waals surface area contributed by atoms with Crippen LogP contribution in [0.25, 0.3) is 6.08 Å². The molecule has 0 spiro atoms. The first-order valence-corrected chi connectivity index (χ1v) is 7.62. The van der Waals surface area contributed by atoms with Crippen molar-refractivity contribution < 1.29 is 23.6 Å². The van der Waals surface area contributed by atoms with Crippen molar-refractivity contribution in [3.63, 3.8) is 0 Å². The van der Waals surface area contributed by atoms with Crippen LogP contribution in [0.2, 0.25) is 0 Å². The zero-order valence-corrected chi connectivity index (χ0v) is 14.2. The molecule has 0 saturated carbocycles. The molecule has 0 bridgehead atoms. The summed E-state index contributed by atoms with van der Waals surface area (Å²) in [5, 5.41) is 13.0. The first kappa shape index (κ1) is 18.9. The van der Waals surface area contributed by atoms with Crippen LogP contribution < -0.4 is 14.8 Å². The van der Waals surface area contributed by atoms with E-state index < -0.39 is 23.3 Å². The van der Waals surface area contributed by atoms with E-state index in [9.17, 15) is 19.3 Å². The lowest BCUT2D eigenvalue weighted by Gasteiger charge is -2.12. The maximum Gasteiger partial charge on any atom is 0.271 e. The molecule has 1 amide bonds. The number of hydrogen-bond acceptors (Lipinski definition) is 5. The second kappa shape index (κ2) is 8.61. The zero-order chi connectivity index (χ0) is 19.1. The number of rotatable bonds is 7. The number of halogens is 1. The summed E-state index contributed by atoms with van der Waals surface area (Å²) in [5.74, 6) is -0.661. The average Bonchev–Trinajstić information content (AvgIpc) is 2.62.